The predicted molar refractivity (Wildman–Crippen MR) is 80.7 cm³/mol. The number of hydrogen-bond acceptors (Lipinski definition) is 2. The minimum absolute atomic E-state index is 0.0942. The molecule has 3 aromatic rings. The molecule has 5 heteroatoms. The van der Waals surface area contributed by atoms with Crippen molar-refractivity contribution in [2.45, 2.75) is 13.0 Å². The summed E-state index contributed by atoms with van der Waals surface area (Å²) in [6.45, 7) is 1.98. The zero-order chi connectivity index (χ0) is 14.8. The fourth-order valence-corrected chi connectivity index (χ4v) is 2.55. The number of aromatic nitrogens is 3. The second kappa shape index (κ2) is 5.66. The summed E-state index contributed by atoms with van der Waals surface area (Å²) < 4.78 is 14.9. The van der Waals surface area contributed by atoms with E-state index in [9.17, 15) is 4.39 Å². The first-order chi connectivity index (χ1) is 10.2. The normalized spacial score (nSPS) is 12.3. The van der Waals surface area contributed by atoms with E-state index >= 15 is 0 Å². The summed E-state index contributed by atoms with van der Waals surface area (Å²) in [6, 6.07) is 16.0. The topological polar surface area (TPSA) is 30.7 Å². The Kier molecular flexibility index (Phi) is 3.71. The molecule has 3 nitrogen and oxygen atoms in total. The van der Waals surface area contributed by atoms with Crippen LogP contribution in [0.25, 0.3) is 11.4 Å². The van der Waals surface area contributed by atoms with Crippen LogP contribution in [0.1, 0.15) is 18.5 Å². The maximum atomic E-state index is 13.1. The zero-order valence-corrected chi connectivity index (χ0v) is 12.1. The van der Waals surface area contributed by atoms with Crippen LogP contribution in [0.2, 0.25) is 5.28 Å². The zero-order valence-electron chi connectivity index (χ0n) is 11.4. The molecule has 1 heterocycles. The highest BCUT2D eigenvalue weighted by atomic mass is 35.5. The van der Waals surface area contributed by atoms with E-state index in [-0.39, 0.29) is 11.9 Å². The minimum Gasteiger partial charge on any atom is -0.290 e. The molecule has 0 spiro atoms. The van der Waals surface area contributed by atoms with Crippen LogP contribution in [0.5, 0.6) is 0 Å². The maximum Gasteiger partial charge on any atom is 0.225 e. The lowest BCUT2D eigenvalue weighted by atomic mass is 10.1. The summed E-state index contributed by atoms with van der Waals surface area (Å²) in [7, 11) is 0. The highest BCUT2D eigenvalue weighted by Crippen LogP contribution is 2.28. The molecule has 0 saturated heterocycles. The second-order valence-electron chi connectivity index (χ2n) is 4.76. The van der Waals surface area contributed by atoms with Gasteiger partial charge in [-0.1, -0.05) is 42.5 Å². The Labute approximate surface area is 127 Å². The number of halogens is 2. The van der Waals surface area contributed by atoms with E-state index in [0.29, 0.717) is 11.1 Å². The Morgan fingerprint density at radius 2 is 1.67 bits per heavy atom. The molecule has 0 N–H and O–H groups in total. The van der Waals surface area contributed by atoms with Crippen molar-refractivity contribution in [1.29, 1.82) is 0 Å². The van der Waals surface area contributed by atoms with Crippen molar-refractivity contribution in [3.8, 4) is 11.4 Å². The van der Waals surface area contributed by atoms with Gasteiger partial charge in [-0.25, -0.2) is 4.39 Å². The van der Waals surface area contributed by atoms with Gasteiger partial charge in [0.2, 0.25) is 5.28 Å². The Hall–Kier alpha value is -2.20. The van der Waals surface area contributed by atoms with Crippen molar-refractivity contribution < 1.29 is 4.39 Å². The van der Waals surface area contributed by atoms with Gasteiger partial charge in [0.05, 0.1) is 6.04 Å². The standard InChI is InChI=1S/C16H13ClFN3/c1-11(12-7-9-14(18)10-8-12)21-15(19-20-16(21)17)13-5-3-2-4-6-13/h2-11H,1H3. The molecule has 0 bridgehead atoms. The molecule has 0 aliphatic heterocycles. The molecule has 0 amide bonds. The van der Waals surface area contributed by atoms with Gasteiger partial charge in [0, 0.05) is 5.56 Å². The first kappa shape index (κ1) is 13.8. The molecular weight excluding hydrogens is 289 g/mol. The minimum atomic E-state index is -0.260. The molecule has 106 valence electrons. The van der Waals surface area contributed by atoms with Crippen molar-refractivity contribution in [2.24, 2.45) is 0 Å². The second-order valence-corrected chi connectivity index (χ2v) is 5.09. The highest BCUT2D eigenvalue weighted by Gasteiger charge is 2.18. The molecule has 1 unspecified atom stereocenters. The van der Waals surface area contributed by atoms with E-state index in [1.807, 2.05) is 41.8 Å². The molecule has 0 aliphatic carbocycles. The summed E-state index contributed by atoms with van der Waals surface area (Å²) in [5.41, 5.74) is 1.88. The molecule has 0 fully saturated rings. The van der Waals surface area contributed by atoms with Gasteiger partial charge in [-0.2, -0.15) is 0 Å². The average molecular weight is 302 g/mol. The Balaban J connectivity index is 2.06. The van der Waals surface area contributed by atoms with E-state index in [0.717, 1.165) is 11.1 Å². The van der Waals surface area contributed by atoms with Crippen molar-refractivity contribution in [1.82, 2.24) is 14.8 Å². The van der Waals surface area contributed by atoms with Crippen LogP contribution in [0.4, 0.5) is 4.39 Å². The van der Waals surface area contributed by atoms with Crippen LogP contribution >= 0.6 is 11.6 Å². The smallest absolute Gasteiger partial charge is 0.225 e. The van der Waals surface area contributed by atoms with E-state index in [1.165, 1.54) is 12.1 Å². The van der Waals surface area contributed by atoms with Crippen molar-refractivity contribution in [3.63, 3.8) is 0 Å². The van der Waals surface area contributed by atoms with Crippen LogP contribution in [0, 0.1) is 5.82 Å². The lowest BCUT2D eigenvalue weighted by Crippen LogP contribution is -2.09. The molecule has 0 aliphatic rings. The summed E-state index contributed by atoms with van der Waals surface area (Å²) in [5.74, 6) is 0.432. The largest absolute Gasteiger partial charge is 0.290 e. The third-order valence-electron chi connectivity index (χ3n) is 3.43. The summed E-state index contributed by atoms with van der Waals surface area (Å²) in [5, 5.41) is 8.43. The van der Waals surface area contributed by atoms with Gasteiger partial charge in [-0.3, -0.25) is 4.57 Å². The molecular formula is C16H13ClFN3. The number of hydrogen-bond donors (Lipinski definition) is 0. The van der Waals surface area contributed by atoms with E-state index in [1.54, 1.807) is 12.1 Å². The Morgan fingerprint density at radius 1 is 1.00 bits per heavy atom. The lowest BCUT2D eigenvalue weighted by molar-refractivity contribution is 0.617. The SMILES string of the molecule is CC(c1ccc(F)cc1)n1c(Cl)nnc1-c1ccccc1. The fourth-order valence-electron chi connectivity index (χ4n) is 2.29. The summed E-state index contributed by atoms with van der Waals surface area (Å²) in [4.78, 5) is 0. The first-order valence-corrected chi connectivity index (χ1v) is 6.96. The van der Waals surface area contributed by atoms with E-state index < -0.39 is 0 Å². The van der Waals surface area contributed by atoms with Crippen molar-refractivity contribution in [2.75, 3.05) is 0 Å². The molecule has 3 rings (SSSR count). The van der Waals surface area contributed by atoms with Crippen LogP contribution in [0.15, 0.2) is 54.6 Å². The van der Waals surface area contributed by atoms with E-state index in [2.05, 4.69) is 10.2 Å². The van der Waals surface area contributed by atoms with Gasteiger partial charge in [0.25, 0.3) is 0 Å². The lowest BCUT2D eigenvalue weighted by Gasteiger charge is -2.17. The van der Waals surface area contributed by atoms with Gasteiger partial charge in [-0.05, 0) is 36.2 Å². The predicted octanol–water partition coefficient (Wildman–Crippen LogP) is 4.35. The van der Waals surface area contributed by atoms with Crippen LogP contribution in [-0.2, 0) is 0 Å². The maximum absolute atomic E-state index is 13.1. The molecule has 21 heavy (non-hydrogen) atoms. The summed E-state index contributed by atoms with van der Waals surface area (Å²) in [6.07, 6.45) is 0. The van der Waals surface area contributed by atoms with Gasteiger partial charge in [-0.15, -0.1) is 10.2 Å². The van der Waals surface area contributed by atoms with Gasteiger partial charge in [0.1, 0.15) is 5.82 Å². The molecule has 1 aromatic heterocycles. The third-order valence-corrected chi connectivity index (χ3v) is 3.68. The Morgan fingerprint density at radius 3 is 2.33 bits per heavy atom. The molecule has 1 atom stereocenters. The molecule has 2 aromatic carbocycles. The van der Waals surface area contributed by atoms with Crippen molar-refractivity contribution in [3.05, 3.63) is 71.3 Å². The number of rotatable bonds is 3. The van der Waals surface area contributed by atoms with Crippen molar-refractivity contribution >= 4 is 11.6 Å². The monoisotopic (exact) mass is 301 g/mol. The van der Waals surface area contributed by atoms with Crippen LogP contribution < -0.4 is 0 Å². The van der Waals surface area contributed by atoms with Gasteiger partial charge >= 0.3 is 0 Å². The first-order valence-electron chi connectivity index (χ1n) is 6.58. The third kappa shape index (κ3) is 2.67. The van der Waals surface area contributed by atoms with Crippen LogP contribution in [-0.4, -0.2) is 14.8 Å². The van der Waals surface area contributed by atoms with E-state index in [4.69, 9.17) is 11.6 Å². The molecule has 0 radical (unpaired) electrons. The van der Waals surface area contributed by atoms with Gasteiger partial charge in [0.15, 0.2) is 5.82 Å². The molecule has 0 saturated carbocycles. The average Bonchev–Trinajstić information content (AvgIpc) is 2.90. The van der Waals surface area contributed by atoms with Crippen LogP contribution in [0.3, 0.4) is 0 Å². The number of nitrogens with zero attached hydrogens (tertiary/aromatic N) is 3. The Bertz CT molecular complexity index is 738. The quantitative estimate of drug-likeness (QED) is 0.720. The van der Waals surface area contributed by atoms with Gasteiger partial charge < -0.3 is 0 Å². The highest BCUT2D eigenvalue weighted by molar-refractivity contribution is 6.28. The number of benzene rings is 2. The summed E-state index contributed by atoms with van der Waals surface area (Å²) >= 11 is 6.19. The fraction of sp³-hybridized carbons (Fsp3) is 0.125.